The van der Waals surface area contributed by atoms with Crippen molar-refractivity contribution in [3.63, 3.8) is 0 Å². The van der Waals surface area contributed by atoms with Crippen molar-refractivity contribution >= 4 is 121 Å². The Bertz CT molecular complexity index is 636. The standard InChI is InChI=1S/C9H18.6FH.12H2O.6O.6Sb/c1-3-5-7-9-8-6-4-2;;;;;;;;;;;;;;;;;;;;;;;;;;;;;;/h3H,1,4-9H2,2H3;6*1H;12*1H2;;;;;;;;;;;;/q;;;;;;;;;;;;;;;;;;;;;;;;;6*+3/p-18. The third-order valence-electron chi connectivity index (χ3n) is 1.51. The Kier molecular flexibility index (Phi) is 44.9. The van der Waals surface area contributed by atoms with E-state index >= 15 is 0 Å². The van der Waals surface area contributed by atoms with Crippen LogP contribution in [-0.4, -0.2) is 162 Å². The van der Waals surface area contributed by atoms with Gasteiger partial charge in [-0.15, -0.1) is 6.58 Å². The van der Waals surface area contributed by atoms with Crippen LogP contribution in [0.2, 0.25) is 0 Å². The molecule has 0 heterocycles. The molecule has 0 saturated heterocycles. The van der Waals surface area contributed by atoms with Gasteiger partial charge in [-0.25, -0.2) is 0 Å². The zero-order valence-corrected chi connectivity index (χ0v) is 34.6. The van der Waals surface area contributed by atoms with E-state index in [0.717, 1.165) is 0 Å². The van der Waals surface area contributed by atoms with E-state index < -0.39 is 121 Å². The van der Waals surface area contributed by atoms with Crippen LogP contribution in [0.15, 0.2) is 12.7 Å². The van der Waals surface area contributed by atoms with Crippen LogP contribution in [0.25, 0.3) is 0 Å². The normalized spacial score (nSPS) is 11.3. The van der Waals surface area contributed by atoms with Gasteiger partial charge in [0, 0.05) is 0 Å². The van der Waals surface area contributed by atoms with Crippen LogP contribution in [0.5, 0.6) is 0 Å². The number of halogens is 6. The van der Waals surface area contributed by atoms with E-state index in [0.29, 0.717) is 0 Å². The number of allylic oxidation sites excluding steroid dienone is 1. The van der Waals surface area contributed by atoms with E-state index in [2.05, 4.69) is 13.5 Å². The topological polar surface area (TPSA) is 345 Å². The van der Waals surface area contributed by atoms with Crippen molar-refractivity contribution in [3.8, 4) is 0 Å². The third kappa shape index (κ3) is 824. The molecule has 0 fully saturated rings. The maximum atomic E-state index is 10.4. The zero-order chi connectivity index (χ0) is 33.9. The molecule has 0 aromatic rings. The summed E-state index contributed by atoms with van der Waals surface area (Å²) in [5.41, 5.74) is 0. The van der Waals surface area contributed by atoms with Gasteiger partial charge in [-0.05, 0) is 12.8 Å². The Balaban J connectivity index is -0.0000000622. The van der Waals surface area contributed by atoms with E-state index in [9.17, 15) is 16.9 Å². The molecule has 0 aromatic carbocycles. The summed E-state index contributed by atoms with van der Waals surface area (Å²) in [6.45, 7) is 5.92. The van der Waals surface area contributed by atoms with Gasteiger partial charge < -0.3 is 0 Å². The minimum atomic E-state index is -5.85. The van der Waals surface area contributed by atoms with E-state index in [1.807, 2.05) is 6.08 Å². The molecular weight excluding hydrogens is 1240 g/mol. The molecule has 0 atom stereocenters. The van der Waals surface area contributed by atoms with Gasteiger partial charge in [-0.1, -0.05) is 38.7 Å². The number of unbranched alkanes of at least 4 members (excludes halogenated alkanes) is 5. The van der Waals surface area contributed by atoms with Crippen LogP contribution in [0.4, 0.5) is 16.9 Å². The summed E-state index contributed by atoms with van der Waals surface area (Å²) in [6.07, 6.45) is 10.1. The molecule has 0 rings (SSSR count). The van der Waals surface area contributed by atoms with Crippen LogP contribution in [-0.2, 0) is 18.1 Å². The fourth-order valence-electron chi connectivity index (χ4n) is 0.892. The van der Waals surface area contributed by atoms with Crippen LogP contribution in [0, 0.1) is 0 Å². The first-order valence-electron chi connectivity index (χ1n) is 8.53. The van der Waals surface area contributed by atoms with Crippen molar-refractivity contribution in [1.29, 1.82) is 0 Å². The van der Waals surface area contributed by atoms with Crippen molar-refractivity contribution in [2.45, 2.75) is 45.4 Å². The monoisotopic (exact) mass is 1270 g/mol. The van der Waals surface area contributed by atoms with Crippen molar-refractivity contribution in [2.75, 3.05) is 0 Å². The SMILES string of the molecule is C=CCCCCCCC.[O]=[Sb]([OH])([OH])[F].[O]=[Sb]([OH])([OH])[F].[O]=[Sb]([OH])([OH])[F].[O]=[Sb]([OH])([OH])[F].[O]=[Sb]([OH])([OH])[F].[O]=[Sb]([OH])([OH])[F]. The van der Waals surface area contributed by atoms with Gasteiger partial charge in [0.2, 0.25) is 0 Å². The fourth-order valence-corrected chi connectivity index (χ4v) is 0.892. The van der Waals surface area contributed by atoms with Gasteiger partial charge in [0.25, 0.3) is 0 Å². The molecule has 0 saturated carbocycles. The molecule has 12 N–H and O–H groups in total. The molecule has 246 valence electrons. The predicted molar refractivity (Wildman–Crippen MR) is 115 cm³/mol. The fraction of sp³-hybridized carbons (Fsp3) is 0.778. The quantitative estimate of drug-likeness (QED) is 0.0529. The van der Waals surface area contributed by atoms with Crippen LogP contribution in [0.1, 0.15) is 45.4 Å². The van der Waals surface area contributed by atoms with Crippen molar-refractivity contribution < 1.29 is 75.6 Å². The average Bonchev–Trinajstić information content (AvgIpc) is 2.45. The van der Waals surface area contributed by atoms with E-state index in [-0.39, 0.29) is 0 Å². The predicted octanol–water partition coefficient (Wildman–Crippen LogP) is -3.63. The molecule has 0 aliphatic heterocycles. The Morgan fingerprint density at radius 2 is 0.615 bits per heavy atom. The molecule has 0 bridgehead atoms. The Hall–Kier alpha value is 2.55. The van der Waals surface area contributed by atoms with E-state index in [1.54, 1.807) is 0 Å². The molecule has 0 spiro atoms. The maximum absolute atomic E-state index is 10.4. The van der Waals surface area contributed by atoms with Gasteiger partial charge in [-0.3, -0.25) is 0 Å². The van der Waals surface area contributed by atoms with Gasteiger partial charge in [-0.2, -0.15) is 0 Å². The summed E-state index contributed by atoms with van der Waals surface area (Å²) in [4.78, 5) is 0. The second-order valence-electron chi connectivity index (χ2n) is 5.33. The molecule has 0 aliphatic carbocycles. The van der Waals surface area contributed by atoms with Gasteiger partial charge in [0.15, 0.2) is 0 Å². The molecule has 0 unspecified atom stereocenters. The first kappa shape index (κ1) is 57.2. The summed E-state index contributed by atoms with van der Waals surface area (Å²) in [5, 5.41) is 0. The van der Waals surface area contributed by atoms with Crippen LogP contribution in [0.3, 0.4) is 0 Å². The first-order chi connectivity index (χ1) is 16.4. The summed E-state index contributed by atoms with van der Waals surface area (Å²) >= 11 is -35.1. The van der Waals surface area contributed by atoms with Crippen LogP contribution >= 0.6 is 0 Å². The first-order valence-corrected chi connectivity index (χ1v) is 34.3. The van der Waals surface area contributed by atoms with Gasteiger partial charge >= 0.3 is 197 Å². The summed E-state index contributed by atoms with van der Waals surface area (Å²) in [5.74, 6) is 0. The summed E-state index contributed by atoms with van der Waals surface area (Å²) < 4.78 is 200. The zero-order valence-electron chi connectivity index (χ0n) is 19.3. The molecule has 30 heteroatoms. The van der Waals surface area contributed by atoms with E-state index in [1.165, 1.54) is 38.5 Å². The molecule has 0 amide bonds. The minimum absolute atomic E-state index is 1.20. The number of hydrogen-bond donors (Lipinski definition) is 12. The summed E-state index contributed by atoms with van der Waals surface area (Å²) in [6, 6.07) is 0. The van der Waals surface area contributed by atoms with Gasteiger partial charge in [0.1, 0.15) is 0 Å². The Morgan fingerprint density at radius 1 is 0.462 bits per heavy atom. The second kappa shape index (κ2) is 30.6. The Morgan fingerprint density at radius 3 is 0.744 bits per heavy atom. The molecule has 18 nitrogen and oxygen atoms in total. The van der Waals surface area contributed by atoms with Crippen molar-refractivity contribution in [1.82, 2.24) is 0 Å². The van der Waals surface area contributed by atoms with Crippen molar-refractivity contribution in [2.24, 2.45) is 0 Å². The van der Waals surface area contributed by atoms with E-state index in [4.69, 9.17) is 58.7 Å². The van der Waals surface area contributed by atoms with Crippen LogP contribution < -0.4 is 0 Å². The molecule has 0 aromatic heterocycles. The molecule has 39 heavy (non-hydrogen) atoms. The third-order valence-corrected chi connectivity index (χ3v) is 1.51. The molecule has 0 radical (unpaired) electrons. The molecule has 0 aliphatic rings. The molecular formula is C9H30F6O18Sb6. The van der Waals surface area contributed by atoms with Gasteiger partial charge in [0.05, 0.1) is 0 Å². The number of rotatable bonds is 6. The second-order valence-corrected chi connectivity index (χ2v) is 21.5. The summed E-state index contributed by atoms with van der Waals surface area (Å²) in [7, 11) is 0. The van der Waals surface area contributed by atoms with Crippen molar-refractivity contribution in [3.05, 3.63) is 12.7 Å². The Labute approximate surface area is 251 Å². The average molecular weight is 1270 g/mol. The number of hydrogen-bond acceptors (Lipinski definition) is 6.